The topological polar surface area (TPSA) is 35.6 Å². The molecule has 2 saturated heterocycles. The molecular weight excluding hydrogens is 365 g/mol. The Hall–Kier alpha value is -1.17. The van der Waals surface area contributed by atoms with Gasteiger partial charge in [-0.2, -0.15) is 0 Å². The van der Waals surface area contributed by atoms with Gasteiger partial charge < -0.3 is 10.2 Å². The normalized spacial score (nSPS) is 23.5. The molecule has 1 saturated carbocycles. The standard InChI is InChI=1S/C21H29ClFN3O/c22-20-13-17(23)2-1-16(20)14-25-9-7-19(8-10-25)26-11-5-15(6-12-26)21(27)24-18-3-4-18/h1-2,13,15,18-19H,3-12,14H2,(H,24,27). The van der Waals surface area contributed by atoms with Gasteiger partial charge in [-0.1, -0.05) is 17.7 Å². The van der Waals surface area contributed by atoms with Gasteiger partial charge in [-0.3, -0.25) is 9.69 Å². The molecule has 27 heavy (non-hydrogen) atoms. The molecule has 1 aromatic rings. The third-order valence-corrected chi connectivity index (χ3v) is 6.66. The maximum absolute atomic E-state index is 13.2. The first-order valence-corrected chi connectivity index (χ1v) is 10.7. The Morgan fingerprint density at radius 3 is 2.41 bits per heavy atom. The first-order valence-electron chi connectivity index (χ1n) is 10.3. The van der Waals surface area contributed by atoms with Crippen molar-refractivity contribution in [2.24, 2.45) is 5.92 Å². The number of hydrogen-bond acceptors (Lipinski definition) is 3. The minimum atomic E-state index is -0.281. The monoisotopic (exact) mass is 393 g/mol. The van der Waals surface area contributed by atoms with Gasteiger partial charge in [0.05, 0.1) is 0 Å². The highest BCUT2D eigenvalue weighted by molar-refractivity contribution is 6.31. The molecule has 1 amide bonds. The zero-order valence-electron chi connectivity index (χ0n) is 15.8. The predicted octanol–water partition coefficient (Wildman–Crippen LogP) is 3.43. The number of nitrogens with one attached hydrogen (secondary N) is 1. The van der Waals surface area contributed by atoms with E-state index in [1.165, 1.54) is 12.1 Å². The van der Waals surface area contributed by atoms with E-state index < -0.39 is 0 Å². The SMILES string of the molecule is O=C(NC1CC1)C1CCN(C2CCN(Cc3ccc(F)cc3Cl)CC2)CC1. The third-order valence-electron chi connectivity index (χ3n) is 6.31. The van der Waals surface area contributed by atoms with Crippen molar-refractivity contribution in [3.8, 4) is 0 Å². The van der Waals surface area contributed by atoms with Gasteiger partial charge in [-0.05, 0) is 82.4 Å². The van der Waals surface area contributed by atoms with Crippen LogP contribution in [0.3, 0.4) is 0 Å². The van der Waals surface area contributed by atoms with E-state index in [0.717, 1.165) is 76.8 Å². The smallest absolute Gasteiger partial charge is 0.223 e. The van der Waals surface area contributed by atoms with E-state index in [9.17, 15) is 9.18 Å². The summed E-state index contributed by atoms with van der Waals surface area (Å²) < 4.78 is 13.2. The predicted molar refractivity (Wildman–Crippen MR) is 105 cm³/mol. The average molecular weight is 394 g/mol. The number of rotatable bonds is 5. The molecule has 0 spiro atoms. The number of amides is 1. The number of benzene rings is 1. The fourth-order valence-corrected chi connectivity index (χ4v) is 4.63. The molecule has 4 rings (SSSR count). The molecule has 0 radical (unpaired) electrons. The van der Waals surface area contributed by atoms with E-state index in [1.54, 1.807) is 6.07 Å². The minimum Gasteiger partial charge on any atom is -0.353 e. The Morgan fingerprint density at radius 1 is 1.07 bits per heavy atom. The molecule has 0 atom stereocenters. The summed E-state index contributed by atoms with van der Waals surface area (Å²) in [5.41, 5.74) is 0.999. The maximum Gasteiger partial charge on any atom is 0.223 e. The minimum absolute atomic E-state index is 0.211. The molecule has 1 aliphatic carbocycles. The van der Waals surface area contributed by atoms with Crippen molar-refractivity contribution in [2.45, 2.75) is 57.2 Å². The zero-order valence-corrected chi connectivity index (χ0v) is 16.6. The summed E-state index contributed by atoms with van der Waals surface area (Å²) in [5, 5.41) is 3.67. The van der Waals surface area contributed by atoms with Crippen molar-refractivity contribution in [1.82, 2.24) is 15.1 Å². The molecule has 1 N–H and O–H groups in total. The molecule has 0 bridgehead atoms. The largest absolute Gasteiger partial charge is 0.353 e. The Bertz CT molecular complexity index is 665. The van der Waals surface area contributed by atoms with Crippen molar-refractivity contribution >= 4 is 17.5 Å². The first-order chi connectivity index (χ1) is 13.1. The fourth-order valence-electron chi connectivity index (χ4n) is 4.41. The molecule has 2 heterocycles. The van der Waals surface area contributed by atoms with Gasteiger partial charge in [-0.25, -0.2) is 4.39 Å². The molecule has 3 aliphatic rings. The molecule has 3 fully saturated rings. The summed E-state index contributed by atoms with van der Waals surface area (Å²) in [6.45, 7) is 4.95. The number of halogens is 2. The number of nitrogens with zero attached hydrogens (tertiary/aromatic N) is 2. The maximum atomic E-state index is 13.2. The Morgan fingerprint density at radius 2 is 1.78 bits per heavy atom. The van der Waals surface area contributed by atoms with E-state index >= 15 is 0 Å². The van der Waals surface area contributed by atoms with Crippen LogP contribution < -0.4 is 5.32 Å². The highest BCUT2D eigenvalue weighted by Gasteiger charge is 2.32. The Balaban J connectivity index is 1.21. The van der Waals surface area contributed by atoms with Gasteiger partial charge in [0.15, 0.2) is 0 Å². The zero-order chi connectivity index (χ0) is 18.8. The molecule has 1 aromatic carbocycles. The van der Waals surface area contributed by atoms with E-state index in [0.29, 0.717) is 17.1 Å². The van der Waals surface area contributed by atoms with Crippen molar-refractivity contribution in [1.29, 1.82) is 0 Å². The van der Waals surface area contributed by atoms with Crippen LogP contribution in [0.2, 0.25) is 5.02 Å². The summed E-state index contributed by atoms with van der Waals surface area (Å²) in [5.74, 6) is 0.211. The second-order valence-corrected chi connectivity index (χ2v) is 8.74. The van der Waals surface area contributed by atoms with Crippen LogP contribution in [-0.4, -0.2) is 54.0 Å². The summed E-state index contributed by atoms with van der Waals surface area (Å²) in [6, 6.07) is 5.76. The van der Waals surface area contributed by atoms with Crippen LogP contribution in [0.1, 0.15) is 44.1 Å². The lowest BCUT2D eigenvalue weighted by molar-refractivity contribution is -0.126. The van der Waals surface area contributed by atoms with Crippen LogP contribution in [-0.2, 0) is 11.3 Å². The van der Waals surface area contributed by atoms with Crippen LogP contribution in [0.4, 0.5) is 4.39 Å². The molecule has 2 aliphatic heterocycles. The Kier molecular flexibility index (Phi) is 6.00. The van der Waals surface area contributed by atoms with Crippen LogP contribution in [0.5, 0.6) is 0 Å². The lowest BCUT2D eigenvalue weighted by Crippen LogP contribution is -2.49. The molecule has 6 heteroatoms. The van der Waals surface area contributed by atoms with Gasteiger partial charge in [0, 0.05) is 29.6 Å². The van der Waals surface area contributed by atoms with Crippen molar-refractivity contribution in [2.75, 3.05) is 26.2 Å². The molecule has 148 valence electrons. The average Bonchev–Trinajstić information content (AvgIpc) is 3.49. The summed E-state index contributed by atoms with van der Waals surface area (Å²) >= 11 is 6.17. The van der Waals surface area contributed by atoms with E-state index in [4.69, 9.17) is 11.6 Å². The third kappa shape index (κ3) is 5.01. The molecule has 0 unspecified atom stereocenters. The van der Waals surface area contributed by atoms with Gasteiger partial charge in [0.2, 0.25) is 5.91 Å². The summed E-state index contributed by atoms with van der Waals surface area (Å²) in [7, 11) is 0. The second-order valence-electron chi connectivity index (χ2n) is 8.34. The number of carbonyl (C=O) groups is 1. The summed E-state index contributed by atoms with van der Waals surface area (Å²) in [4.78, 5) is 17.2. The highest BCUT2D eigenvalue weighted by atomic mass is 35.5. The van der Waals surface area contributed by atoms with Gasteiger partial charge in [0.25, 0.3) is 0 Å². The van der Waals surface area contributed by atoms with Crippen molar-refractivity contribution in [3.05, 3.63) is 34.6 Å². The summed E-state index contributed by atoms with van der Waals surface area (Å²) in [6.07, 6.45) is 6.60. The fraction of sp³-hybridized carbons (Fsp3) is 0.667. The van der Waals surface area contributed by atoms with Gasteiger partial charge in [0.1, 0.15) is 5.82 Å². The highest BCUT2D eigenvalue weighted by Crippen LogP contribution is 2.27. The van der Waals surface area contributed by atoms with Crippen LogP contribution in [0.15, 0.2) is 18.2 Å². The molecule has 0 aromatic heterocycles. The van der Waals surface area contributed by atoms with Crippen molar-refractivity contribution < 1.29 is 9.18 Å². The lowest BCUT2D eigenvalue weighted by atomic mass is 9.92. The first kappa shape index (κ1) is 19.2. The number of carbonyl (C=O) groups excluding carboxylic acids is 1. The van der Waals surface area contributed by atoms with E-state index in [-0.39, 0.29) is 17.6 Å². The van der Waals surface area contributed by atoms with Crippen molar-refractivity contribution in [3.63, 3.8) is 0 Å². The van der Waals surface area contributed by atoms with Crippen LogP contribution >= 0.6 is 11.6 Å². The van der Waals surface area contributed by atoms with E-state index in [1.807, 2.05) is 0 Å². The van der Waals surface area contributed by atoms with Crippen LogP contribution in [0, 0.1) is 11.7 Å². The second kappa shape index (κ2) is 8.46. The number of likely N-dealkylation sites (tertiary alicyclic amines) is 2. The van der Waals surface area contributed by atoms with E-state index in [2.05, 4.69) is 15.1 Å². The number of piperidine rings is 2. The quantitative estimate of drug-likeness (QED) is 0.832. The molecular formula is C21H29ClFN3O. The Labute approximate surface area is 166 Å². The van der Waals surface area contributed by atoms with Gasteiger partial charge >= 0.3 is 0 Å². The molecule has 4 nitrogen and oxygen atoms in total. The van der Waals surface area contributed by atoms with Crippen LogP contribution in [0.25, 0.3) is 0 Å². The van der Waals surface area contributed by atoms with Gasteiger partial charge in [-0.15, -0.1) is 0 Å². The number of hydrogen-bond donors (Lipinski definition) is 1. The lowest BCUT2D eigenvalue weighted by Gasteiger charge is -2.41.